The van der Waals surface area contributed by atoms with Gasteiger partial charge in [0.2, 0.25) is 10.0 Å². The van der Waals surface area contributed by atoms with Gasteiger partial charge in [0.1, 0.15) is 4.90 Å². The van der Waals surface area contributed by atoms with Crippen molar-refractivity contribution in [3.05, 3.63) is 11.4 Å². The van der Waals surface area contributed by atoms with Crippen molar-refractivity contribution in [3.63, 3.8) is 0 Å². The minimum atomic E-state index is -3.43. The normalized spacial score (nSPS) is 12.0. The SMILES string of the molecule is Cc1nn(C)c(C)c1S(=O)(=O)NCCCCCBr. The predicted octanol–water partition coefficient (Wildman–Crippen LogP) is 1.88. The Labute approximate surface area is 117 Å². The Kier molecular flexibility index (Phi) is 5.81. The van der Waals surface area contributed by atoms with E-state index >= 15 is 0 Å². The lowest BCUT2D eigenvalue weighted by atomic mass is 10.3. The number of sulfonamides is 1. The van der Waals surface area contributed by atoms with Crippen molar-refractivity contribution in [1.82, 2.24) is 14.5 Å². The summed E-state index contributed by atoms with van der Waals surface area (Å²) in [6.45, 7) is 3.95. The van der Waals surface area contributed by atoms with Gasteiger partial charge in [0, 0.05) is 18.9 Å². The molecule has 0 atom stereocenters. The monoisotopic (exact) mass is 337 g/mol. The van der Waals surface area contributed by atoms with Crippen LogP contribution in [0.15, 0.2) is 4.90 Å². The van der Waals surface area contributed by atoms with E-state index in [1.165, 1.54) is 0 Å². The molecule has 0 unspecified atom stereocenters. The largest absolute Gasteiger partial charge is 0.271 e. The Hall–Kier alpha value is -0.400. The second kappa shape index (κ2) is 6.68. The van der Waals surface area contributed by atoms with Crippen molar-refractivity contribution in [1.29, 1.82) is 0 Å². The molecule has 1 N–H and O–H groups in total. The molecule has 1 aromatic rings. The van der Waals surface area contributed by atoms with E-state index in [4.69, 9.17) is 0 Å². The molecule has 0 fully saturated rings. The smallest absolute Gasteiger partial charge is 0.244 e. The van der Waals surface area contributed by atoms with E-state index in [0.717, 1.165) is 24.6 Å². The Morgan fingerprint density at radius 3 is 2.44 bits per heavy atom. The second-order valence-electron chi connectivity index (χ2n) is 4.27. The standard InChI is InChI=1S/C11H20BrN3O2S/c1-9-11(10(2)15(3)14-9)18(16,17)13-8-6-4-5-7-12/h13H,4-8H2,1-3H3. The number of hydrogen-bond acceptors (Lipinski definition) is 3. The van der Waals surface area contributed by atoms with Gasteiger partial charge in [-0.05, 0) is 26.7 Å². The number of hydrogen-bond donors (Lipinski definition) is 1. The van der Waals surface area contributed by atoms with E-state index in [9.17, 15) is 8.42 Å². The van der Waals surface area contributed by atoms with Crippen LogP contribution in [0, 0.1) is 13.8 Å². The minimum Gasteiger partial charge on any atom is -0.271 e. The van der Waals surface area contributed by atoms with Gasteiger partial charge in [-0.3, -0.25) is 4.68 Å². The van der Waals surface area contributed by atoms with Crippen LogP contribution in [-0.4, -0.2) is 30.1 Å². The maximum Gasteiger partial charge on any atom is 0.244 e. The molecular weight excluding hydrogens is 318 g/mol. The van der Waals surface area contributed by atoms with Gasteiger partial charge in [-0.1, -0.05) is 22.4 Å². The zero-order valence-corrected chi connectivity index (χ0v) is 13.4. The van der Waals surface area contributed by atoms with E-state index in [1.807, 2.05) is 0 Å². The van der Waals surface area contributed by atoms with Gasteiger partial charge >= 0.3 is 0 Å². The van der Waals surface area contributed by atoms with Crippen LogP contribution in [0.1, 0.15) is 30.7 Å². The van der Waals surface area contributed by atoms with E-state index in [2.05, 4.69) is 25.8 Å². The summed E-state index contributed by atoms with van der Waals surface area (Å²) in [4.78, 5) is 0.311. The topological polar surface area (TPSA) is 64.0 Å². The average Bonchev–Trinajstić information content (AvgIpc) is 2.53. The fourth-order valence-electron chi connectivity index (χ4n) is 1.82. The van der Waals surface area contributed by atoms with Gasteiger partial charge in [0.05, 0.1) is 11.4 Å². The van der Waals surface area contributed by atoms with E-state index < -0.39 is 10.0 Å². The quantitative estimate of drug-likeness (QED) is 0.610. The summed E-state index contributed by atoms with van der Waals surface area (Å²) in [6, 6.07) is 0. The number of halogens is 1. The molecule has 7 heteroatoms. The van der Waals surface area contributed by atoms with Crippen molar-refractivity contribution in [2.75, 3.05) is 11.9 Å². The van der Waals surface area contributed by atoms with E-state index in [1.54, 1.807) is 25.6 Å². The molecule has 0 aliphatic carbocycles. The number of aromatic nitrogens is 2. The molecule has 0 amide bonds. The lowest BCUT2D eigenvalue weighted by Gasteiger charge is -2.06. The molecule has 0 spiro atoms. The van der Waals surface area contributed by atoms with Crippen LogP contribution in [0.4, 0.5) is 0 Å². The van der Waals surface area contributed by atoms with E-state index in [0.29, 0.717) is 22.8 Å². The molecule has 1 aromatic heterocycles. The van der Waals surface area contributed by atoms with Gasteiger partial charge < -0.3 is 0 Å². The Morgan fingerprint density at radius 1 is 1.28 bits per heavy atom. The molecule has 0 aliphatic rings. The number of nitrogens with one attached hydrogen (secondary N) is 1. The highest BCUT2D eigenvalue weighted by atomic mass is 79.9. The summed E-state index contributed by atoms with van der Waals surface area (Å²) in [6.07, 6.45) is 2.93. The minimum absolute atomic E-state index is 0.311. The van der Waals surface area contributed by atoms with Gasteiger partial charge in [0.25, 0.3) is 0 Å². The highest BCUT2D eigenvalue weighted by molar-refractivity contribution is 9.09. The Balaban J connectivity index is 2.69. The third-order valence-corrected chi connectivity index (χ3v) is 5.09. The summed E-state index contributed by atoms with van der Waals surface area (Å²) in [5, 5.41) is 5.08. The molecule has 1 heterocycles. The summed E-state index contributed by atoms with van der Waals surface area (Å²) in [5.41, 5.74) is 1.21. The number of nitrogens with zero attached hydrogens (tertiary/aromatic N) is 2. The number of aryl methyl sites for hydroxylation is 2. The van der Waals surface area contributed by atoms with Crippen molar-refractivity contribution >= 4 is 26.0 Å². The summed E-state index contributed by atoms with van der Waals surface area (Å²) < 4.78 is 28.5. The molecule has 18 heavy (non-hydrogen) atoms. The molecule has 0 saturated heterocycles. The van der Waals surface area contributed by atoms with Crippen LogP contribution in [0.2, 0.25) is 0 Å². The zero-order valence-electron chi connectivity index (χ0n) is 11.0. The van der Waals surface area contributed by atoms with Crippen molar-refractivity contribution < 1.29 is 8.42 Å². The number of rotatable bonds is 7. The van der Waals surface area contributed by atoms with Gasteiger partial charge in [0.15, 0.2) is 0 Å². The molecule has 104 valence electrons. The molecule has 1 rings (SSSR count). The third kappa shape index (κ3) is 3.80. The first-order chi connectivity index (χ1) is 8.40. The Bertz CT molecular complexity index is 497. The lowest BCUT2D eigenvalue weighted by Crippen LogP contribution is -2.25. The van der Waals surface area contributed by atoms with E-state index in [-0.39, 0.29) is 0 Å². The van der Waals surface area contributed by atoms with Crippen molar-refractivity contribution in [2.45, 2.75) is 38.0 Å². The van der Waals surface area contributed by atoms with Crippen LogP contribution >= 0.6 is 15.9 Å². The first kappa shape index (κ1) is 15.7. The summed E-state index contributed by atoms with van der Waals surface area (Å²) >= 11 is 3.35. The lowest BCUT2D eigenvalue weighted by molar-refractivity contribution is 0.574. The van der Waals surface area contributed by atoms with Crippen molar-refractivity contribution in [3.8, 4) is 0 Å². The molecule has 0 bridgehead atoms. The van der Waals surface area contributed by atoms with Crippen LogP contribution in [0.3, 0.4) is 0 Å². The third-order valence-electron chi connectivity index (χ3n) is 2.81. The molecule has 0 radical (unpaired) electrons. The average molecular weight is 338 g/mol. The number of alkyl halides is 1. The number of unbranched alkanes of at least 4 members (excludes halogenated alkanes) is 2. The highest BCUT2D eigenvalue weighted by Crippen LogP contribution is 2.18. The van der Waals surface area contributed by atoms with Crippen LogP contribution in [0.25, 0.3) is 0 Å². The fourth-order valence-corrected chi connectivity index (χ4v) is 3.72. The van der Waals surface area contributed by atoms with Crippen LogP contribution in [-0.2, 0) is 17.1 Å². The first-order valence-electron chi connectivity index (χ1n) is 5.96. The molecule has 0 aliphatic heterocycles. The van der Waals surface area contributed by atoms with Gasteiger partial charge in [-0.25, -0.2) is 13.1 Å². The highest BCUT2D eigenvalue weighted by Gasteiger charge is 2.22. The van der Waals surface area contributed by atoms with Crippen LogP contribution < -0.4 is 4.72 Å². The van der Waals surface area contributed by atoms with Crippen LogP contribution in [0.5, 0.6) is 0 Å². The predicted molar refractivity (Wildman–Crippen MR) is 75.5 cm³/mol. The fraction of sp³-hybridized carbons (Fsp3) is 0.727. The zero-order chi connectivity index (χ0) is 13.8. The first-order valence-corrected chi connectivity index (χ1v) is 8.56. The molecular formula is C11H20BrN3O2S. The van der Waals surface area contributed by atoms with Gasteiger partial charge in [-0.2, -0.15) is 5.10 Å². The molecule has 5 nitrogen and oxygen atoms in total. The summed E-state index contributed by atoms with van der Waals surface area (Å²) in [5.74, 6) is 0. The maximum atomic E-state index is 12.1. The Morgan fingerprint density at radius 2 is 1.94 bits per heavy atom. The summed E-state index contributed by atoms with van der Waals surface area (Å²) in [7, 11) is -1.69. The maximum absolute atomic E-state index is 12.1. The van der Waals surface area contributed by atoms with Crippen molar-refractivity contribution in [2.24, 2.45) is 7.05 Å². The molecule has 0 aromatic carbocycles. The second-order valence-corrected chi connectivity index (χ2v) is 6.77. The van der Waals surface area contributed by atoms with Gasteiger partial charge in [-0.15, -0.1) is 0 Å². The molecule has 0 saturated carbocycles.